The Morgan fingerprint density at radius 1 is 1.56 bits per heavy atom. The van der Waals surface area contributed by atoms with E-state index in [-0.39, 0.29) is 6.61 Å². The van der Waals surface area contributed by atoms with Gasteiger partial charge in [-0.3, -0.25) is 0 Å². The van der Waals surface area contributed by atoms with E-state index >= 15 is 0 Å². The van der Waals surface area contributed by atoms with E-state index in [9.17, 15) is 4.79 Å². The van der Waals surface area contributed by atoms with Crippen LogP contribution in [0, 0.1) is 18.3 Å². The average molecular weight is 219 g/mol. The van der Waals surface area contributed by atoms with Crippen molar-refractivity contribution < 1.29 is 14.3 Å². The molecule has 84 valence electrons. The van der Waals surface area contributed by atoms with Crippen LogP contribution in [0.1, 0.15) is 24.2 Å². The number of carbonyl (C=O) groups excluding carboxylic acids is 1. The standard InChI is InChI=1S/C12H13NO3/c1-3-15-12(14)16-11(8-13)10-6-4-5-9(2)7-10/h4-7,11H,3H2,1-2H3/t11-/m0/s1. The van der Waals surface area contributed by atoms with Gasteiger partial charge in [0, 0.05) is 5.56 Å². The van der Waals surface area contributed by atoms with Gasteiger partial charge in [0.15, 0.2) is 0 Å². The van der Waals surface area contributed by atoms with Gasteiger partial charge in [0.1, 0.15) is 6.07 Å². The van der Waals surface area contributed by atoms with E-state index in [0.717, 1.165) is 5.56 Å². The Kier molecular flexibility index (Phi) is 4.34. The van der Waals surface area contributed by atoms with Crippen molar-refractivity contribution in [3.05, 3.63) is 35.4 Å². The third-order valence-corrected chi connectivity index (χ3v) is 1.94. The van der Waals surface area contributed by atoms with Gasteiger partial charge in [0.2, 0.25) is 6.10 Å². The van der Waals surface area contributed by atoms with Crippen LogP contribution in [0.4, 0.5) is 4.79 Å². The molecule has 4 nitrogen and oxygen atoms in total. The van der Waals surface area contributed by atoms with E-state index in [1.807, 2.05) is 25.1 Å². The summed E-state index contributed by atoms with van der Waals surface area (Å²) in [7, 11) is 0. The highest BCUT2D eigenvalue weighted by Gasteiger charge is 2.16. The molecule has 0 heterocycles. The number of carbonyl (C=O) groups is 1. The van der Waals surface area contributed by atoms with Crippen LogP contribution < -0.4 is 0 Å². The van der Waals surface area contributed by atoms with E-state index in [0.29, 0.717) is 5.56 Å². The second-order valence-electron chi connectivity index (χ2n) is 3.22. The van der Waals surface area contributed by atoms with Gasteiger partial charge in [-0.2, -0.15) is 5.26 Å². The first kappa shape index (κ1) is 12.1. The molecule has 0 amide bonds. The largest absolute Gasteiger partial charge is 0.509 e. The second kappa shape index (κ2) is 5.76. The van der Waals surface area contributed by atoms with E-state index in [4.69, 9.17) is 10.00 Å². The van der Waals surface area contributed by atoms with Crippen LogP contribution in [0.3, 0.4) is 0 Å². The molecular weight excluding hydrogens is 206 g/mol. The molecule has 0 saturated carbocycles. The van der Waals surface area contributed by atoms with Crippen molar-refractivity contribution in [2.24, 2.45) is 0 Å². The number of rotatable bonds is 3. The lowest BCUT2D eigenvalue weighted by Gasteiger charge is -2.11. The summed E-state index contributed by atoms with van der Waals surface area (Å²) < 4.78 is 9.47. The number of ether oxygens (including phenoxy) is 2. The number of nitriles is 1. The van der Waals surface area contributed by atoms with Gasteiger partial charge in [-0.15, -0.1) is 0 Å². The summed E-state index contributed by atoms with van der Waals surface area (Å²) in [5, 5.41) is 8.90. The Hall–Kier alpha value is -2.02. The summed E-state index contributed by atoms with van der Waals surface area (Å²) >= 11 is 0. The van der Waals surface area contributed by atoms with E-state index in [1.165, 1.54) is 0 Å². The summed E-state index contributed by atoms with van der Waals surface area (Å²) in [5.74, 6) is 0. The molecule has 1 atom stereocenters. The van der Waals surface area contributed by atoms with Crippen molar-refractivity contribution in [2.75, 3.05) is 6.61 Å². The van der Waals surface area contributed by atoms with Crippen LogP contribution in [0.5, 0.6) is 0 Å². The maximum absolute atomic E-state index is 11.1. The van der Waals surface area contributed by atoms with Crippen LogP contribution >= 0.6 is 0 Å². The first-order valence-electron chi connectivity index (χ1n) is 4.97. The number of benzene rings is 1. The normalized spacial score (nSPS) is 11.3. The fourth-order valence-electron chi connectivity index (χ4n) is 1.25. The maximum Gasteiger partial charge on any atom is 0.509 e. The van der Waals surface area contributed by atoms with Crippen molar-refractivity contribution in [2.45, 2.75) is 20.0 Å². The Morgan fingerprint density at radius 3 is 2.88 bits per heavy atom. The van der Waals surface area contributed by atoms with Gasteiger partial charge >= 0.3 is 6.16 Å². The van der Waals surface area contributed by atoms with Crippen LogP contribution in [-0.2, 0) is 9.47 Å². The van der Waals surface area contributed by atoms with Gasteiger partial charge < -0.3 is 9.47 Å². The molecular formula is C12H13NO3. The summed E-state index contributed by atoms with van der Waals surface area (Å²) in [4.78, 5) is 11.1. The van der Waals surface area contributed by atoms with Gasteiger partial charge in [-0.05, 0) is 13.8 Å². The second-order valence-corrected chi connectivity index (χ2v) is 3.22. The highest BCUT2D eigenvalue weighted by molar-refractivity contribution is 5.60. The Bertz CT molecular complexity index is 409. The first-order chi connectivity index (χ1) is 7.67. The highest BCUT2D eigenvalue weighted by Crippen LogP contribution is 2.18. The predicted molar refractivity (Wildman–Crippen MR) is 57.6 cm³/mol. The van der Waals surface area contributed by atoms with Crippen LogP contribution in [0.15, 0.2) is 24.3 Å². The average Bonchev–Trinajstić information content (AvgIpc) is 2.26. The summed E-state index contributed by atoms with van der Waals surface area (Å²) in [6, 6.07) is 9.16. The van der Waals surface area contributed by atoms with E-state index in [1.54, 1.807) is 19.1 Å². The van der Waals surface area contributed by atoms with E-state index < -0.39 is 12.3 Å². The molecule has 16 heavy (non-hydrogen) atoms. The third kappa shape index (κ3) is 3.28. The number of nitrogens with zero attached hydrogens (tertiary/aromatic N) is 1. The molecule has 0 bridgehead atoms. The van der Waals surface area contributed by atoms with Crippen molar-refractivity contribution in [1.29, 1.82) is 5.26 Å². The molecule has 0 fully saturated rings. The van der Waals surface area contributed by atoms with Crippen molar-refractivity contribution in [1.82, 2.24) is 0 Å². The van der Waals surface area contributed by atoms with Crippen molar-refractivity contribution >= 4 is 6.16 Å². The molecule has 0 aliphatic rings. The fraction of sp³-hybridized carbons (Fsp3) is 0.333. The summed E-state index contributed by atoms with van der Waals surface area (Å²) in [6.45, 7) is 3.81. The maximum atomic E-state index is 11.1. The Labute approximate surface area is 94.4 Å². The zero-order valence-corrected chi connectivity index (χ0v) is 9.27. The molecule has 1 aromatic rings. The predicted octanol–water partition coefficient (Wildman–Crippen LogP) is 2.73. The SMILES string of the molecule is CCOC(=O)O[C@@H](C#N)c1cccc(C)c1. The number of hydrogen-bond acceptors (Lipinski definition) is 4. The smallest absolute Gasteiger partial charge is 0.435 e. The van der Waals surface area contributed by atoms with Crippen LogP contribution in [-0.4, -0.2) is 12.8 Å². The molecule has 1 rings (SSSR count). The number of hydrogen-bond donors (Lipinski definition) is 0. The minimum Gasteiger partial charge on any atom is -0.435 e. The van der Waals surface area contributed by atoms with Gasteiger partial charge in [-0.25, -0.2) is 4.79 Å². The zero-order valence-electron chi connectivity index (χ0n) is 9.27. The molecule has 1 aromatic carbocycles. The minimum atomic E-state index is -0.918. The molecule has 0 aliphatic heterocycles. The lowest BCUT2D eigenvalue weighted by molar-refractivity contribution is 0.0421. The summed E-state index contributed by atoms with van der Waals surface area (Å²) in [6.07, 6.45) is -1.74. The minimum absolute atomic E-state index is 0.227. The molecule has 0 N–H and O–H groups in total. The molecule has 0 unspecified atom stereocenters. The Balaban J connectivity index is 2.76. The van der Waals surface area contributed by atoms with Gasteiger partial charge in [0.05, 0.1) is 6.61 Å². The lowest BCUT2D eigenvalue weighted by Crippen LogP contribution is -2.11. The zero-order chi connectivity index (χ0) is 12.0. The van der Waals surface area contributed by atoms with Crippen LogP contribution in [0.25, 0.3) is 0 Å². The third-order valence-electron chi connectivity index (χ3n) is 1.94. The lowest BCUT2D eigenvalue weighted by atomic mass is 10.1. The summed E-state index contributed by atoms with van der Waals surface area (Å²) in [5.41, 5.74) is 1.65. The van der Waals surface area contributed by atoms with E-state index in [2.05, 4.69) is 4.74 Å². The van der Waals surface area contributed by atoms with Gasteiger partial charge in [0.25, 0.3) is 0 Å². The molecule has 0 aliphatic carbocycles. The van der Waals surface area contributed by atoms with Crippen molar-refractivity contribution in [3.8, 4) is 6.07 Å². The van der Waals surface area contributed by atoms with Gasteiger partial charge in [-0.1, -0.05) is 29.8 Å². The highest BCUT2D eigenvalue weighted by atomic mass is 16.7. The molecule has 0 radical (unpaired) electrons. The molecule has 0 saturated heterocycles. The quantitative estimate of drug-likeness (QED) is 0.733. The van der Waals surface area contributed by atoms with Crippen LogP contribution in [0.2, 0.25) is 0 Å². The molecule has 4 heteroatoms. The molecule has 0 aromatic heterocycles. The Morgan fingerprint density at radius 2 is 2.31 bits per heavy atom. The van der Waals surface area contributed by atoms with Crippen molar-refractivity contribution in [3.63, 3.8) is 0 Å². The first-order valence-corrected chi connectivity index (χ1v) is 4.97. The topological polar surface area (TPSA) is 59.3 Å². The fourth-order valence-corrected chi connectivity index (χ4v) is 1.25. The monoisotopic (exact) mass is 219 g/mol. The number of aryl methyl sites for hydroxylation is 1. The molecule has 0 spiro atoms.